The molecule has 0 saturated heterocycles. The highest BCUT2D eigenvalue weighted by molar-refractivity contribution is 14.1. The van der Waals surface area contributed by atoms with Gasteiger partial charge in [-0.1, -0.05) is 44.6 Å². The normalized spacial score (nSPS) is 9.90. The molecule has 0 aromatic heterocycles. The first-order valence-corrected chi connectivity index (χ1v) is 6.13. The van der Waals surface area contributed by atoms with Crippen LogP contribution >= 0.6 is 61.1 Å². The molecule has 0 fully saturated rings. The Morgan fingerprint density at radius 2 is 2.10 bits per heavy atom. The standard InChI is InChI=1S/C7H5BrI2/c8-7-3-6(10)2-1-5(7)4-9/h1-3H,4H2. The van der Waals surface area contributed by atoms with Crippen LogP contribution in [0.5, 0.6) is 0 Å². The Bertz CT molecular complexity index is 235. The van der Waals surface area contributed by atoms with Gasteiger partial charge in [-0.2, -0.15) is 0 Å². The summed E-state index contributed by atoms with van der Waals surface area (Å²) in [7, 11) is 0. The Labute approximate surface area is 96.2 Å². The van der Waals surface area contributed by atoms with Gasteiger partial charge in [0, 0.05) is 12.5 Å². The van der Waals surface area contributed by atoms with Crippen LogP contribution in [0.2, 0.25) is 0 Å². The highest BCUT2D eigenvalue weighted by atomic mass is 127. The zero-order chi connectivity index (χ0) is 7.56. The number of hydrogen-bond acceptors (Lipinski definition) is 0. The van der Waals surface area contributed by atoms with Gasteiger partial charge in [0.2, 0.25) is 0 Å². The molecular weight excluding hydrogens is 418 g/mol. The summed E-state index contributed by atoms with van der Waals surface area (Å²) in [5.74, 6) is 0. The van der Waals surface area contributed by atoms with Crippen molar-refractivity contribution < 1.29 is 0 Å². The van der Waals surface area contributed by atoms with Crippen LogP contribution in [0.4, 0.5) is 0 Å². The Morgan fingerprint density at radius 1 is 1.40 bits per heavy atom. The van der Waals surface area contributed by atoms with E-state index < -0.39 is 0 Å². The van der Waals surface area contributed by atoms with E-state index in [2.05, 4.69) is 79.3 Å². The summed E-state index contributed by atoms with van der Waals surface area (Å²) in [6, 6.07) is 6.41. The maximum Gasteiger partial charge on any atom is 0.0258 e. The molecule has 1 rings (SSSR count). The first kappa shape index (κ1) is 9.25. The Hall–Kier alpha value is 1.16. The summed E-state index contributed by atoms with van der Waals surface area (Å²) in [6.07, 6.45) is 0. The highest BCUT2D eigenvalue weighted by Crippen LogP contribution is 2.21. The fourth-order valence-electron chi connectivity index (χ4n) is 0.630. The van der Waals surface area contributed by atoms with Crippen molar-refractivity contribution in [3.05, 3.63) is 31.8 Å². The Kier molecular flexibility index (Phi) is 3.93. The largest absolute Gasteiger partial charge is 0.0811 e. The van der Waals surface area contributed by atoms with E-state index in [1.165, 1.54) is 13.6 Å². The molecule has 3 heteroatoms. The maximum absolute atomic E-state index is 3.50. The van der Waals surface area contributed by atoms with E-state index in [-0.39, 0.29) is 0 Å². The molecule has 0 bridgehead atoms. The van der Waals surface area contributed by atoms with Crippen molar-refractivity contribution in [1.29, 1.82) is 0 Å². The van der Waals surface area contributed by atoms with Gasteiger partial charge in [0.1, 0.15) is 0 Å². The minimum absolute atomic E-state index is 1.06. The third-order valence-corrected chi connectivity index (χ3v) is 3.39. The second-order valence-electron chi connectivity index (χ2n) is 1.87. The molecule has 0 saturated carbocycles. The molecule has 10 heavy (non-hydrogen) atoms. The summed E-state index contributed by atoms with van der Waals surface area (Å²) in [6.45, 7) is 0. The molecule has 0 radical (unpaired) electrons. The third-order valence-electron chi connectivity index (χ3n) is 1.16. The molecule has 0 spiro atoms. The van der Waals surface area contributed by atoms with E-state index in [0.717, 1.165) is 4.43 Å². The van der Waals surface area contributed by atoms with E-state index in [1.54, 1.807) is 0 Å². The van der Waals surface area contributed by atoms with Crippen LogP contribution in [-0.4, -0.2) is 0 Å². The van der Waals surface area contributed by atoms with Gasteiger partial charge in [0.25, 0.3) is 0 Å². The lowest BCUT2D eigenvalue weighted by molar-refractivity contribution is 1.40. The molecule has 0 amide bonds. The van der Waals surface area contributed by atoms with Gasteiger partial charge in [0.15, 0.2) is 0 Å². The van der Waals surface area contributed by atoms with Crippen LogP contribution in [-0.2, 0) is 4.43 Å². The van der Waals surface area contributed by atoms with E-state index in [9.17, 15) is 0 Å². The van der Waals surface area contributed by atoms with E-state index >= 15 is 0 Å². The average molecular weight is 423 g/mol. The predicted molar refractivity (Wildman–Crippen MR) is 64.6 cm³/mol. The zero-order valence-corrected chi connectivity index (χ0v) is 11.0. The van der Waals surface area contributed by atoms with Crippen LogP contribution in [0.1, 0.15) is 5.56 Å². The molecule has 0 N–H and O–H groups in total. The van der Waals surface area contributed by atoms with Crippen LogP contribution in [0.15, 0.2) is 22.7 Å². The Balaban J connectivity index is 3.07. The topological polar surface area (TPSA) is 0 Å². The SMILES string of the molecule is Brc1cc(I)ccc1CI. The smallest absolute Gasteiger partial charge is 0.0258 e. The predicted octanol–water partition coefficient (Wildman–Crippen LogP) is 3.99. The average Bonchev–Trinajstić information content (AvgIpc) is 1.88. The van der Waals surface area contributed by atoms with E-state index in [4.69, 9.17) is 0 Å². The van der Waals surface area contributed by atoms with Crippen molar-refractivity contribution in [2.75, 3.05) is 0 Å². The van der Waals surface area contributed by atoms with Gasteiger partial charge in [-0.3, -0.25) is 0 Å². The van der Waals surface area contributed by atoms with Crippen LogP contribution in [0.25, 0.3) is 0 Å². The van der Waals surface area contributed by atoms with Crippen molar-refractivity contribution in [1.82, 2.24) is 0 Å². The van der Waals surface area contributed by atoms with Gasteiger partial charge >= 0.3 is 0 Å². The molecule has 0 heterocycles. The number of alkyl halides is 1. The van der Waals surface area contributed by atoms with E-state index in [1.807, 2.05) is 0 Å². The fraction of sp³-hybridized carbons (Fsp3) is 0.143. The van der Waals surface area contributed by atoms with Gasteiger partial charge in [-0.15, -0.1) is 0 Å². The zero-order valence-electron chi connectivity index (χ0n) is 5.07. The summed E-state index contributed by atoms with van der Waals surface area (Å²) in [5.41, 5.74) is 1.36. The second-order valence-corrected chi connectivity index (χ2v) is 4.73. The van der Waals surface area contributed by atoms with Crippen molar-refractivity contribution in [2.24, 2.45) is 0 Å². The number of halogens is 3. The summed E-state index contributed by atoms with van der Waals surface area (Å²) in [5, 5.41) is 0. The van der Waals surface area contributed by atoms with Gasteiger partial charge < -0.3 is 0 Å². The Morgan fingerprint density at radius 3 is 2.60 bits per heavy atom. The third kappa shape index (κ3) is 2.34. The van der Waals surface area contributed by atoms with Gasteiger partial charge in [-0.25, -0.2) is 0 Å². The molecule has 1 aromatic carbocycles. The highest BCUT2D eigenvalue weighted by Gasteiger charge is 1.96. The van der Waals surface area contributed by atoms with Crippen molar-refractivity contribution >= 4 is 61.1 Å². The maximum atomic E-state index is 3.50. The lowest BCUT2D eigenvalue weighted by Crippen LogP contribution is -1.79. The molecule has 0 aliphatic carbocycles. The first-order valence-electron chi connectivity index (χ1n) is 2.74. The van der Waals surface area contributed by atoms with Crippen LogP contribution in [0, 0.1) is 3.57 Å². The molecule has 54 valence electrons. The van der Waals surface area contributed by atoms with Crippen LogP contribution in [0.3, 0.4) is 0 Å². The van der Waals surface area contributed by atoms with E-state index in [0.29, 0.717) is 0 Å². The quantitative estimate of drug-likeness (QED) is 0.474. The molecule has 0 aliphatic heterocycles. The number of benzene rings is 1. The van der Waals surface area contributed by atoms with Crippen molar-refractivity contribution in [2.45, 2.75) is 4.43 Å². The van der Waals surface area contributed by atoms with Gasteiger partial charge in [0.05, 0.1) is 0 Å². The first-order chi connectivity index (χ1) is 4.74. The van der Waals surface area contributed by atoms with Crippen molar-refractivity contribution in [3.8, 4) is 0 Å². The van der Waals surface area contributed by atoms with Crippen molar-refractivity contribution in [3.63, 3.8) is 0 Å². The number of rotatable bonds is 1. The molecular formula is C7H5BrI2. The molecule has 0 unspecified atom stereocenters. The minimum atomic E-state index is 1.06. The molecule has 0 atom stereocenters. The second kappa shape index (κ2) is 4.25. The minimum Gasteiger partial charge on any atom is -0.0811 e. The summed E-state index contributed by atoms with van der Waals surface area (Å²) >= 11 is 8.16. The summed E-state index contributed by atoms with van der Waals surface area (Å²) < 4.78 is 3.56. The molecule has 0 nitrogen and oxygen atoms in total. The monoisotopic (exact) mass is 422 g/mol. The fourth-order valence-corrected chi connectivity index (χ4v) is 3.26. The lowest BCUT2D eigenvalue weighted by atomic mass is 10.2. The van der Waals surface area contributed by atoms with Crippen LogP contribution < -0.4 is 0 Å². The molecule has 0 aliphatic rings. The number of hydrogen-bond donors (Lipinski definition) is 0. The van der Waals surface area contributed by atoms with Gasteiger partial charge in [-0.05, 0) is 40.3 Å². The molecule has 1 aromatic rings. The lowest BCUT2D eigenvalue weighted by Gasteiger charge is -1.98. The summed E-state index contributed by atoms with van der Waals surface area (Å²) in [4.78, 5) is 0.